The fraction of sp³-hybridized carbons (Fsp3) is 0.0909. The summed E-state index contributed by atoms with van der Waals surface area (Å²) in [7, 11) is -11.6. The minimum absolute atomic E-state index is 0.0966. The van der Waals surface area contributed by atoms with Crippen molar-refractivity contribution in [2.24, 2.45) is 0 Å². The van der Waals surface area contributed by atoms with Crippen molar-refractivity contribution < 1.29 is 51.6 Å². The van der Waals surface area contributed by atoms with Gasteiger partial charge in [0.05, 0.1) is 12.0 Å². The highest BCUT2D eigenvalue weighted by Gasteiger charge is 2.15. The van der Waals surface area contributed by atoms with Gasteiger partial charge in [-0.3, -0.25) is 4.72 Å². The lowest BCUT2D eigenvalue weighted by atomic mass is 10.3. The first-order chi connectivity index (χ1) is 13.0. The number of nitrogens with one attached hydrogen (secondary N) is 1. The third-order valence-corrected chi connectivity index (χ3v) is 3.65. The highest BCUT2D eigenvalue weighted by molar-refractivity contribution is 7.92. The molecule has 0 aliphatic rings. The first-order valence-corrected chi connectivity index (χ1v) is 11.4. The van der Waals surface area contributed by atoms with Crippen LogP contribution in [0.5, 0.6) is 5.88 Å². The van der Waals surface area contributed by atoms with Crippen LogP contribution in [-0.4, -0.2) is 54.9 Å². The van der Waals surface area contributed by atoms with E-state index in [1.807, 2.05) is 0 Å². The van der Waals surface area contributed by atoms with Crippen molar-refractivity contribution in [1.82, 2.24) is 9.97 Å². The molecule has 0 aliphatic heterocycles. The molecule has 0 radical (unpaired) electrons. The number of phosphoric acid groups is 2. The Kier molecular flexibility index (Phi) is 10.3. The molecule has 18 heteroatoms. The third-order valence-electron chi connectivity index (χ3n) is 2.28. The van der Waals surface area contributed by atoms with E-state index in [4.69, 9.17) is 49.0 Å². The SMILES string of the molecule is COc1cc(NS(=O)(=O)c2ccc(N)cc2)ncn1.O=P(O)(O)O.O=P(O)(O)O. The van der Waals surface area contributed by atoms with Crippen molar-refractivity contribution in [3.8, 4) is 5.88 Å². The molecule has 9 N–H and O–H groups in total. The third kappa shape index (κ3) is 15.5. The Hall–Kier alpha value is -2.13. The molecule has 0 unspecified atom stereocenters. The van der Waals surface area contributed by atoms with Crippen molar-refractivity contribution in [2.45, 2.75) is 4.90 Å². The number of aromatic nitrogens is 2. The number of nitrogen functional groups attached to an aromatic ring is 1. The number of nitrogens with two attached hydrogens (primary N) is 1. The van der Waals surface area contributed by atoms with Crippen LogP contribution in [0.1, 0.15) is 0 Å². The maximum absolute atomic E-state index is 12.1. The Labute approximate surface area is 164 Å². The minimum Gasteiger partial charge on any atom is -0.481 e. The number of rotatable bonds is 4. The summed E-state index contributed by atoms with van der Waals surface area (Å²) in [5, 5.41) is 0. The summed E-state index contributed by atoms with van der Waals surface area (Å²) in [5.74, 6) is 0.397. The van der Waals surface area contributed by atoms with E-state index in [9.17, 15) is 8.42 Å². The lowest BCUT2D eigenvalue weighted by molar-refractivity contribution is 0.272. The fourth-order valence-corrected chi connectivity index (χ4v) is 2.35. The summed E-state index contributed by atoms with van der Waals surface area (Å²) in [6.07, 6.45) is 1.21. The summed E-state index contributed by atoms with van der Waals surface area (Å²) >= 11 is 0. The second-order valence-electron chi connectivity index (χ2n) is 4.65. The van der Waals surface area contributed by atoms with Gasteiger partial charge in [0, 0.05) is 11.8 Å². The molecule has 2 rings (SSSR count). The molecule has 0 bridgehead atoms. The Morgan fingerprint density at radius 1 is 0.966 bits per heavy atom. The molecule has 2 aromatic rings. The normalized spacial score (nSPS) is 11.3. The van der Waals surface area contributed by atoms with Crippen molar-refractivity contribution in [3.63, 3.8) is 0 Å². The number of hydrogen-bond donors (Lipinski definition) is 8. The second-order valence-corrected chi connectivity index (χ2v) is 8.38. The number of benzene rings is 1. The standard InChI is InChI=1S/C11H12N4O3S.2H3O4P/c1-18-11-6-10(13-7-14-11)15-19(16,17)9-4-2-8(12)3-5-9;2*1-5(2,3)4/h2-7H,12H2,1H3,(H,13,14,15);2*(H3,1,2,3,4). The van der Waals surface area contributed by atoms with Gasteiger partial charge in [0.25, 0.3) is 10.0 Å². The Balaban J connectivity index is 0.000000653. The molecule has 0 spiro atoms. The highest BCUT2D eigenvalue weighted by atomic mass is 32.2. The second kappa shape index (κ2) is 11.2. The van der Waals surface area contributed by atoms with Crippen molar-refractivity contribution in [3.05, 3.63) is 36.7 Å². The summed E-state index contributed by atoms with van der Waals surface area (Å²) in [6, 6.07) is 7.23. The topological polar surface area (TPSA) is 263 Å². The van der Waals surface area contributed by atoms with E-state index < -0.39 is 25.7 Å². The summed E-state index contributed by atoms with van der Waals surface area (Å²) < 4.78 is 49.1. The van der Waals surface area contributed by atoms with Crippen LogP contribution in [0.25, 0.3) is 0 Å². The van der Waals surface area contributed by atoms with E-state index >= 15 is 0 Å². The molecule has 164 valence electrons. The molecule has 15 nitrogen and oxygen atoms in total. The molecule has 0 saturated carbocycles. The van der Waals surface area contributed by atoms with Crippen LogP contribution in [0.15, 0.2) is 41.6 Å². The molecule has 0 fully saturated rings. The van der Waals surface area contributed by atoms with E-state index in [0.717, 1.165) is 0 Å². The monoisotopic (exact) mass is 476 g/mol. The van der Waals surface area contributed by atoms with Gasteiger partial charge in [-0.15, -0.1) is 0 Å². The average molecular weight is 476 g/mol. The molecule has 1 heterocycles. The number of hydrogen-bond acceptors (Lipinski definition) is 8. The first-order valence-electron chi connectivity index (χ1n) is 6.82. The zero-order chi connectivity index (χ0) is 22.9. The number of nitrogens with zero attached hydrogens (tertiary/aromatic N) is 2. The first kappa shape index (κ1) is 26.9. The molecule has 29 heavy (non-hydrogen) atoms. The Morgan fingerprint density at radius 3 is 1.83 bits per heavy atom. The van der Waals surface area contributed by atoms with Crippen LogP contribution in [0.3, 0.4) is 0 Å². The number of sulfonamides is 1. The van der Waals surface area contributed by atoms with Crippen LogP contribution in [-0.2, 0) is 19.2 Å². The molecular weight excluding hydrogens is 458 g/mol. The summed E-state index contributed by atoms with van der Waals surface area (Å²) in [5.41, 5.74) is 6.00. The number of anilines is 2. The smallest absolute Gasteiger partial charge is 0.466 e. The lowest BCUT2D eigenvalue weighted by Crippen LogP contribution is -2.14. The van der Waals surface area contributed by atoms with E-state index in [-0.39, 0.29) is 16.6 Å². The van der Waals surface area contributed by atoms with E-state index in [1.54, 1.807) is 0 Å². The van der Waals surface area contributed by atoms with Gasteiger partial charge < -0.3 is 39.8 Å². The molecule has 0 saturated heterocycles. The average Bonchev–Trinajstić information content (AvgIpc) is 2.52. The lowest BCUT2D eigenvalue weighted by Gasteiger charge is -2.08. The van der Waals surface area contributed by atoms with Gasteiger partial charge in [0.2, 0.25) is 5.88 Å². The predicted molar refractivity (Wildman–Crippen MR) is 98.8 cm³/mol. The van der Waals surface area contributed by atoms with E-state index in [2.05, 4.69) is 14.7 Å². The molecule has 1 aromatic heterocycles. The van der Waals surface area contributed by atoms with Gasteiger partial charge in [-0.1, -0.05) is 0 Å². The van der Waals surface area contributed by atoms with Crippen LogP contribution in [0, 0.1) is 0 Å². The molecule has 0 atom stereocenters. The number of methoxy groups -OCH3 is 1. The maximum Gasteiger partial charge on any atom is 0.466 e. The van der Waals surface area contributed by atoms with Crippen molar-refractivity contribution in [2.75, 3.05) is 17.6 Å². The van der Waals surface area contributed by atoms with E-state index in [0.29, 0.717) is 5.69 Å². The van der Waals surface area contributed by atoms with Crippen LogP contribution >= 0.6 is 15.6 Å². The van der Waals surface area contributed by atoms with Gasteiger partial charge in [0.1, 0.15) is 12.1 Å². The number of ether oxygens (including phenoxy) is 1. The van der Waals surface area contributed by atoms with Crippen LogP contribution < -0.4 is 15.2 Å². The van der Waals surface area contributed by atoms with Crippen LogP contribution in [0.4, 0.5) is 11.5 Å². The molecule has 0 aliphatic carbocycles. The van der Waals surface area contributed by atoms with Gasteiger partial charge in [-0.2, -0.15) is 0 Å². The predicted octanol–water partition coefficient (Wildman–Crippen LogP) is -0.989. The van der Waals surface area contributed by atoms with Crippen molar-refractivity contribution >= 4 is 37.2 Å². The Morgan fingerprint density at radius 2 is 1.41 bits per heavy atom. The summed E-state index contributed by atoms with van der Waals surface area (Å²) in [4.78, 5) is 50.8. The van der Waals surface area contributed by atoms with Gasteiger partial charge >= 0.3 is 15.6 Å². The fourth-order valence-electron chi connectivity index (χ4n) is 1.35. The van der Waals surface area contributed by atoms with Gasteiger partial charge in [-0.05, 0) is 24.3 Å². The largest absolute Gasteiger partial charge is 0.481 e. The van der Waals surface area contributed by atoms with Gasteiger partial charge in [0.15, 0.2) is 0 Å². The van der Waals surface area contributed by atoms with Gasteiger partial charge in [-0.25, -0.2) is 27.5 Å². The Bertz CT molecular complexity index is 938. The summed E-state index contributed by atoms with van der Waals surface area (Å²) in [6.45, 7) is 0. The maximum atomic E-state index is 12.1. The molecule has 1 aromatic carbocycles. The quantitative estimate of drug-likeness (QED) is 0.195. The molecule has 0 amide bonds. The van der Waals surface area contributed by atoms with Crippen LogP contribution in [0.2, 0.25) is 0 Å². The molecular formula is C11H18N4O11P2S. The van der Waals surface area contributed by atoms with Crippen molar-refractivity contribution in [1.29, 1.82) is 0 Å². The zero-order valence-corrected chi connectivity index (χ0v) is 17.1. The van der Waals surface area contributed by atoms with E-state index in [1.165, 1.54) is 43.8 Å². The minimum atomic E-state index is -4.64. The zero-order valence-electron chi connectivity index (χ0n) is 14.5. The highest BCUT2D eigenvalue weighted by Crippen LogP contribution is 2.26.